The molecule has 0 amide bonds. The summed E-state index contributed by atoms with van der Waals surface area (Å²) in [6, 6.07) is 0. The second-order valence-corrected chi connectivity index (χ2v) is 3.31. The highest BCUT2D eigenvalue weighted by Crippen LogP contribution is 2.00. The molecule has 0 aromatic carbocycles. The quantitative estimate of drug-likeness (QED) is 0.509. The predicted molar refractivity (Wildman–Crippen MR) is 51.0 cm³/mol. The molecule has 0 fully saturated rings. The molecule has 3 N–H and O–H groups in total. The van der Waals surface area contributed by atoms with Gasteiger partial charge in [-0.05, 0) is 19.4 Å². The van der Waals surface area contributed by atoms with E-state index in [0.29, 0.717) is 13.0 Å². The van der Waals surface area contributed by atoms with Crippen molar-refractivity contribution in [2.75, 3.05) is 13.1 Å². The van der Waals surface area contributed by atoms with Crippen molar-refractivity contribution >= 4 is 5.97 Å². The third-order valence-corrected chi connectivity index (χ3v) is 1.89. The van der Waals surface area contributed by atoms with E-state index in [1.165, 1.54) is 0 Å². The summed E-state index contributed by atoms with van der Waals surface area (Å²) in [6.07, 6.45) is -2.14. The summed E-state index contributed by atoms with van der Waals surface area (Å²) in [5.41, 5.74) is 0. The highest BCUT2D eigenvalue weighted by molar-refractivity contribution is 5.66. The molecule has 0 aliphatic rings. The zero-order valence-electron chi connectivity index (χ0n) is 8.46. The van der Waals surface area contributed by atoms with Gasteiger partial charge >= 0.3 is 5.97 Å². The zero-order valence-corrected chi connectivity index (χ0v) is 8.46. The number of carboxylic acid groups (broad SMARTS) is 1. The van der Waals surface area contributed by atoms with Crippen molar-refractivity contribution in [1.82, 2.24) is 5.32 Å². The van der Waals surface area contributed by atoms with Crippen LogP contribution in [0.15, 0.2) is 0 Å². The Kier molecular flexibility index (Phi) is 8.12. The number of aliphatic hydroxyl groups excluding tert-OH is 1. The number of alkyl halides is 2. The Morgan fingerprint density at radius 2 is 1.93 bits per heavy atom. The lowest BCUT2D eigenvalue weighted by Crippen LogP contribution is -2.32. The van der Waals surface area contributed by atoms with Crippen molar-refractivity contribution in [2.24, 2.45) is 0 Å². The molecular weight excluding hydrogens is 208 g/mol. The maximum atomic E-state index is 11.8. The molecule has 0 saturated carbocycles. The summed E-state index contributed by atoms with van der Waals surface area (Å²) in [5.74, 6) is -0.823. The molecular formula is C9H17F2NO3. The maximum absolute atomic E-state index is 11.8. The number of hydrogen-bond donors (Lipinski definition) is 3. The van der Waals surface area contributed by atoms with Crippen molar-refractivity contribution < 1.29 is 23.8 Å². The molecule has 0 spiro atoms. The minimum Gasteiger partial charge on any atom is -0.481 e. The maximum Gasteiger partial charge on any atom is 0.303 e. The first-order chi connectivity index (χ1) is 7.04. The number of unbranched alkanes of at least 4 members (excludes halogenated alkanes) is 2. The van der Waals surface area contributed by atoms with Gasteiger partial charge in [-0.15, -0.1) is 0 Å². The van der Waals surface area contributed by atoms with Crippen LogP contribution in [0.2, 0.25) is 0 Å². The average Bonchev–Trinajstić information content (AvgIpc) is 2.15. The van der Waals surface area contributed by atoms with Crippen molar-refractivity contribution in [3.63, 3.8) is 0 Å². The molecule has 0 aromatic rings. The van der Waals surface area contributed by atoms with Crippen molar-refractivity contribution in [3.05, 3.63) is 0 Å². The molecule has 0 saturated heterocycles. The van der Waals surface area contributed by atoms with Gasteiger partial charge in [0, 0.05) is 13.0 Å². The van der Waals surface area contributed by atoms with Gasteiger partial charge in [0.15, 0.2) is 0 Å². The fourth-order valence-corrected chi connectivity index (χ4v) is 1.04. The third-order valence-electron chi connectivity index (χ3n) is 1.89. The van der Waals surface area contributed by atoms with Gasteiger partial charge < -0.3 is 15.5 Å². The first-order valence-electron chi connectivity index (χ1n) is 4.92. The van der Waals surface area contributed by atoms with Gasteiger partial charge in [-0.2, -0.15) is 0 Å². The number of rotatable bonds is 9. The fraction of sp³-hybridized carbons (Fsp3) is 0.889. The highest BCUT2D eigenvalue weighted by atomic mass is 19.3. The largest absolute Gasteiger partial charge is 0.481 e. The van der Waals surface area contributed by atoms with Crippen LogP contribution < -0.4 is 5.32 Å². The summed E-state index contributed by atoms with van der Waals surface area (Å²) in [7, 11) is 0. The van der Waals surface area contributed by atoms with Crippen molar-refractivity contribution in [3.8, 4) is 0 Å². The van der Waals surface area contributed by atoms with E-state index >= 15 is 0 Å². The second-order valence-electron chi connectivity index (χ2n) is 3.31. The third kappa shape index (κ3) is 9.55. The topological polar surface area (TPSA) is 69.6 Å². The normalized spacial score (nSPS) is 13.1. The molecule has 0 aliphatic carbocycles. The number of aliphatic hydroxyl groups is 1. The molecule has 90 valence electrons. The molecule has 0 radical (unpaired) electrons. The number of halogens is 2. The lowest BCUT2D eigenvalue weighted by Gasteiger charge is -2.10. The first kappa shape index (κ1) is 14.2. The minimum absolute atomic E-state index is 0.128. The zero-order chi connectivity index (χ0) is 11.7. The summed E-state index contributed by atoms with van der Waals surface area (Å²) in [5, 5.41) is 19.7. The van der Waals surface area contributed by atoms with Crippen molar-refractivity contribution in [2.45, 2.75) is 38.2 Å². The van der Waals surface area contributed by atoms with E-state index in [4.69, 9.17) is 10.2 Å². The van der Waals surface area contributed by atoms with E-state index in [9.17, 15) is 13.6 Å². The highest BCUT2D eigenvalue weighted by Gasteiger charge is 2.15. The lowest BCUT2D eigenvalue weighted by atomic mass is 10.2. The van der Waals surface area contributed by atoms with Crippen LogP contribution in [0.25, 0.3) is 0 Å². The summed E-state index contributed by atoms with van der Waals surface area (Å²) in [6.45, 7) is 0.389. The van der Waals surface area contributed by atoms with E-state index in [2.05, 4.69) is 5.32 Å². The van der Waals surface area contributed by atoms with Crippen LogP contribution >= 0.6 is 0 Å². The Hall–Kier alpha value is -0.750. The SMILES string of the molecule is O=C(O)CCCCCNCC(O)C(F)F. The van der Waals surface area contributed by atoms with Crippen LogP contribution in [0.4, 0.5) is 8.78 Å². The molecule has 1 unspecified atom stereocenters. The molecule has 15 heavy (non-hydrogen) atoms. The number of hydrogen-bond acceptors (Lipinski definition) is 3. The average molecular weight is 225 g/mol. The van der Waals surface area contributed by atoms with Gasteiger partial charge in [-0.25, -0.2) is 8.78 Å². The lowest BCUT2D eigenvalue weighted by molar-refractivity contribution is -0.137. The number of carbonyl (C=O) groups is 1. The number of carboxylic acids is 1. The van der Waals surface area contributed by atoms with Crippen LogP contribution in [0, 0.1) is 0 Å². The van der Waals surface area contributed by atoms with Gasteiger partial charge in [0.2, 0.25) is 0 Å². The van der Waals surface area contributed by atoms with Crippen LogP contribution in [0.5, 0.6) is 0 Å². The first-order valence-corrected chi connectivity index (χ1v) is 4.92. The smallest absolute Gasteiger partial charge is 0.303 e. The Bertz CT molecular complexity index is 179. The second kappa shape index (κ2) is 8.55. The van der Waals surface area contributed by atoms with Gasteiger partial charge in [0.05, 0.1) is 0 Å². The van der Waals surface area contributed by atoms with Crippen molar-refractivity contribution in [1.29, 1.82) is 0 Å². The molecule has 0 heterocycles. The van der Waals surface area contributed by atoms with E-state index in [-0.39, 0.29) is 13.0 Å². The fourth-order valence-electron chi connectivity index (χ4n) is 1.04. The Labute approximate surface area is 87.3 Å². The summed E-state index contributed by atoms with van der Waals surface area (Å²) >= 11 is 0. The van der Waals surface area contributed by atoms with Crippen LogP contribution in [0.3, 0.4) is 0 Å². The monoisotopic (exact) mass is 225 g/mol. The Morgan fingerprint density at radius 1 is 1.27 bits per heavy atom. The molecule has 0 rings (SSSR count). The standard InChI is InChI=1S/C9H17F2NO3/c10-9(11)7(13)6-12-5-3-1-2-4-8(14)15/h7,9,12-13H,1-6H2,(H,14,15). The van der Waals surface area contributed by atoms with Gasteiger partial charge in [-0.3, -0.25) is 4.79 Å². The summed E-state index contributed by atoms with van der Waals surface area (Å²) < 4.78 is 23.6. The minimum atomic E-state index is -2.72. The van der Waals surface area contributed by atoms with E-state index in [0.717, 1.165) is 12.8 Å². The van der Waals surface area contributed by atoms with E-state index in [1.54, 1.807) is 0 Å². The van der Waals surface area contributed by atoms with Gasteiger partial charge in [0.1, 0.15) is 6.10 Å². The molecule has 0 aliphatic heterocycles. The van der Waals surface area contributed by atoms with E-state index in [1.807, 2.05) is 0 Å². The van der Waals surface area contributed by atoms with Crippen LogP contribution in [0.1, 0.15) is 25.7 Å². The summed E-state index contributed by atoms with van der Waals surface area (Å²) in [4.78, 5) is 10.1. The molecule has 1 atom stereocenters. The van der Waals surface area contributed by atoms with Crippen LogP contribution in [-0.4, -0.2) is 41.8 Å². The predicted octanol–water partition coefficient (Wildman–Crippen LogP) is 0.847. The molecule has 6 heteroatoms. The Morgan fingerprint density at radius 3 is 2.47 bits per heavy atom. The van der Waals surface area contributed by atoms with E-state index < -0.39 is 18.5 Å². The number of aliphatic carboxylic acids is 1. The van der Waals surface area contributed by atoms with Gasteiger partial charge in [0.25, 0.3) is 6.43 Å². The number of nitrogens with one attached hydrogen (secondary N) is 1. The molecule has 0 aromatic heterocycles. The van der Waals surface area contributed by atoms with Gasteiger partial charge in [-0.1, -0.05) is 6.42 Å². The Balaban J connectivity index is 3.15. The molecule has 4 nitrogen and oxygen atoms in total. The van der Waals surface area contributed by atoms with Crippen LogP contribution in [-0.2, 0) is 4.79 Å². The molecule has 0 bridgehead atoms.